The summed E-state index contributed by atoms with van der Waals surface area (Å²) in [4.78, 5) is 9.05. The van der Waals surface area contributed by atoms with Crippen molar-refractivity contribution < 1.29 is 0 Å². The molecule has 1 aromatic carbocycles. The number of nitrogens with one attached hydrogen (secondary N) is 2. The molecule has 0 fully saturated rings. The van der Waals surface area contributed by atoms with E-state index in [1.165, 1.54) is 5.52 Å². The lowest BCUT2D eigenvalue weighted by Crippen LogP contribution is -2.47. The molecule has 2 N–H and O–H groups in total. The molecule has 0 amide bonds. The van der Waals surface area contributed by atoms with Crippen molar-refractivity contribution in [2.45, 2.75) is 46.2 Å². The molecule has 5 nitrogen and oxygen atoms in total. The van der Waals surface area contributed by atoms with Crippen molar-refractivity contribution in [3.8, 4) is 0 Å². The highest BCUT2D eigenvalue weighted by atomic mass is 15.2. The molecule has 0 atom stereocenters. The first-order chi connectivity index (χ1) is 10.5. The van der Waals surface area contributed by atoms with E-state index in [2.05, 4.69) is 65.0 Å². The first-order valence-corrected chi connectivity index (χ1v) is 7.96. The second-order valence-electron chi connectivity index (χ2n) is 6.42. The van der Waals surface area contributed by atoms with Crippen LogP contribution in [0.2, 0.25) is 0 Å². The molecule has 1 heterocycles. The standard InChI is InChI=1S/C17H27N5/c1-5-18-16(21-17(2,3)4)19-11-8-12-22-13-20-14-9-6-7-10-15(14)22/h6-7,9-10,13H,5,8,11-12H2,1-4H3,(H2,18,19,21). The number of guanidine groups is 1. The Morgan fingerprint density at radius 1 is 1.27 bits per heavy atom. The zero-order valence-electron chi connectivity index (χ0n) is 14.1. The molecule has 22 heavy (non-hydrogen) atoms. The topological polar surface area (TPSA) is 54.2 Å². The molecule has 0 aliphatic carbocycles. The summed E-state index contributed by atoms with van der Waals surface area (Å²) in [7, 11) is 0. The summed E-state index contributed by atoms with van der Waals surface area (Å²) in [6, 6.07) is 8.22. The van der Waals surface area contributed by atoms with Gasteiger partial charge in [0.15, 0.2) is 5.96 Å². The van der Waals surface area contributed by atoms with Crippen LogP contribution in [0.3, 0.4) is 0 Å². The number of imidazole rings is 1. The van der Waals surface area contributed by atoms with Gasteiger partial charge >= 0.3 is 0 Å². The van der Waals surface area contributed by atoms with E-state index in [0.717, 1.165) is 37.5 Å². The number of benzene rings is 1. The number of aryl methyl sites for hydroxylation is 1. The average Bonchev–Trinajstić information content (AvgIpc) is 2.85. The maximum absolute atomic E-state index is 4.64. The fourth-order valence-electron chi connectivity index (χ4n) is 2.28. The molecule has 5 heteroatoms. The van der Waals surface area contributed by atoms with Crippen molar-refractivity contribution in [1.82, 2.24) is 20.2 Å². The monoisotopic (exact) mass is 301 g/mol. The highest BCUT2D eigenvalue weighted by Crippen LogP contribution is 2.12. The average molecular weight is 301 g/mol. The second kappa shape index (κ2) is 7.29. The van der Waals surface area contributed by atoms with Gasteiger partial charge in [0.05, 0.1) is 17.4 Å². The Hall–Kier alpha value is -2.04. The van der Waals surface area contributed by atoms with Crippen LogP contribution in [0.25, 0.3) is 11.0 Å². The minimum atomic E-state index is 0.0154. The quantitative estimate of drug-likeness (QED) is 0.507. The van der Waals surface area contributed by atoms with Crippen LogP contribution in [0.4, 0.5) is 0 Å². The Kier molecular flexibility index (Phi) is 5.41. The molecule has 0 aliphatic rings. The second-order valence-corrected chi connectivity index (χ2v) is 6.42. The summed E-state index contributed by atoms with van der Waals surface area (Å²) in [6.07, 6.45) is 2.90. The van der Waals surface area contributed by atoms with E-state index in [4.69, 9.17) is 0 Å². The molecule has 0 spiro atoms. The highest BCUT2D eigenvalue weighted by molar-refractivity contribution is 5.80. The summed E-state index contributed by atoms with van der Waals surface area (Å²) in [5, 5.41) is 6.68. The number of hydrogen-bond acceptors (Lipinski definition) is 2. The largest absolute Gasteiger partial charge is 0.357 e. The van der Waals surface area contributed by atoms with Gasteiger partial charge in [0.1, 0.15) is 0 Å². The minimum Gasteiger partial charge on any atom is -0.357 e. The van der Waals surface area contributed by atoms with Gasteiger partial charge in [0.25, 0.3) is 0 Å². The normalized spacial score (nSPS) is 12.6. The summed E-state index contributed by atoms with van der Waals surface area (Å²) in [6.45, 7) is 11.1. The first kappa shape index (κ1) is 16.3. The molecule has 0 saturated carbocycles. The maximum atomic E-state index is 4.64. The predicted molar refractivity (Wildman–Crippen MR) is 93.2 cm³/mol. The van der Waals surface area contributed by atoms with Gasteiger partial charge in [0, 0.05) is 25.2 Å². The van der Waals surface area contributed by atoms with Gasteiger partial charge in [-0.2, -0.15) is 0 Å². The van der Waals surface area contributed by atoms with Crippen LogP contribution in [-0.2, 0) is 6.54 Å². The van der Waals surface area contributed by atoms with Gasteiger partial charge in [-0.3, -0.25) is 4.99 Å². The molecule has 0 bridgehead atoms. The highest BCUT2D eigenvalue weighted by Gasteiger charge is 2.11. The number of rotatable bonds is 5. The fourth-order valence-corrected chi connectivity index (χ4v) is 2.28. The summed E-state index contributed by atoms with van der Waals surface area (Å²) in [5.41, 5.74) is 2.25. The van der Waals surface area contributed by atoms with Crippen LogP contribution < -0.4 is 10.6 Å². The van der Waals surface area contributed by atoms with Gasteiger partial charge in [-0.1, -0.05) is 12.1 Å². The van der Waals surface area contributed by atoms with Crippen molar-refractivity contribution in [3.63, 3.8) is 0 Å². The number of hydrogen-bond donors (Lipinski definition) is 2. The van der Waals surface area contributed by atoms with Crippen LogP contribution in [0.5, 0.6) is 0 Å². The smallest absolute Gasteiger partial charge is 0.191 e. The summed E-state index contributed by atoms with van der Waals surface area (Å²) < 4.78 is 2.19. The van der Waals surface area contributed by atoms with Gasteiger partial charge in [0.2, 0.25) is 0 Å². The van der Waals surface area contributed by atoms with Crippen LogP contribution in [-0.4, -0.2) is 34.1 Å². The molecule has 0 aliphatic heterocycles. The van der Waals surface area contributed by atoms with E-state index < -0.39 is 0 Å². The molecular formula is C17H27N5. The van der Waals surface area contributed by atoms with Gasteiger partial charge in [-0.25, -0.2) is 4.98 Å². The van der Waals surface area contributed by atoms with E-state index in [1.54, 1.807) is 0 Å². The molecule has 2 rings (SSSR count). The van der Waals surface area contributed by atoms with Crippen molar-refractivity contribution in [2.75, 3.05) is 13.1 Å². The summed E-state index contributed by atoms with van der Waals surface area (Å²) >= 11 is 0. The third-order valence-electron chi connectivity index (χ3n) is 3.19. The third kappa shape index (κ3) is 4.76. The van der Waals surface area contributed by atoms with Crippen LogP contribution >= 0.6 is 0 Å². The van der Waals surface area contributed by atoms with Gasteiger partial charge < -0.3 is 15.2 Å². The number of nitrogens with zero attached hydrogens (tertiary/aromatic N) is 3. The Labute approximate surface area is 132 Å². The zero-order chi connectivity index (χ0) is 16.0. The SMILES string of the molecule is CCNC(=NCCCn1cnc2ccccc21)NC(C)(C)C. The van der Waals surface area contributed by atoms with E-state index in [9.17, 15) is 0 Å². The van der Waals surface area contributed by atoms with Crippen molar-refractivity contribution in [3.05, 3.63) is 30.6 Å². The van der Waals surface area contributed by atoms with Crippen molar-refractivity contribution in [2.24, 2.45) is 4.99 Å². The van der Waals surface area contributed by atoms with E-state index in [0.29, 0.717) is 0 Å². The first-order valence-electron chi connectivity index (χ1n) is 7.96. The Bertz CT molecular complexity index is 621. The van der Waals surface area contributed by atoms with E-state index in [1.807, 2.05) is 18.5 Å². The third-order valence-corrected chi connectivity index (χ3v) is 3.19. The van der Waals surface area contributed by atoms with Crippen molar-refractivity contribution >= 4 is 17.0 Å². The maximum Gasteiger partial charge on any atom is 0.191 e. The van der Waals surface area contributed by atoms with Gasteiger partial charge in [-0.05, 0) is 46.2 Å². The van der Waals surface area contributed by atoms with Gasteiger partial charge in [-0.15, -0.1) is 0 Å². The molecule has 120 valence electrons. The number of aromatic nitrogens is 2. The minimum absolute atomic E-state index is 0.0154. The van der Waals surface area contributed by atoms with E-state index in [-0.39, 0.29) is 5.54 Å². The lowest BCUT2D eigenvalue weighted by Gasteiger charge is -2.23. The molecule has 2 aromatic rings. The number of aliphatic imine (C=N–C) groups is 1. The van der Waals surface area contributed by atoms with Crippen LogP contribution in [0.1, 0.15) is 34.1 Å². The Balaban J connectivity index is 1.90. The zero-order valence-corrected chi connectivity index (χ0v) is 14.1. The van der Waals surface area contributed by atoms with E-state index >= 15 is 0 Å². The summed E-state index contributed by atoms with van der Waals surface area (Å²) in [5.74, 6) is 0.880. The Morgan fingerprint density at radius 3 is 2.77 bits per heavy atom. The van der Waals surface area contributed by atoms with Crippen LogP contribution in [0.15, 0.2) is 35.6 Å². The lowest BCUT2D eigenvalue weighted by molar-refractivity contribution is 0.501. The van der Waals surface area contributed by atoms with Crippen LogP contribution in [0, 0.1) is 0 Å². The molecule has 0 radical (unpaired) electrons. The molecule has 1 aromatic heterocycles. The Morgan fingerprint density at radius 2 is 2.05 bits per heavy atom. The lowest BCUT2D eigenvalue weighted by atomic mass is 10.1. The van der Waals surface area contributed by atoms with Crippen molar-refractivity contribution in [1.29, 1.82) is 0 Å². The molecular weight excluding hydrogens is 274 g/mol. The molecule has 0 saturated heterocycles. The predicted octanol–water partition coefficient (Wildman–Crippen LogP) is 2.78. The molecule has 0 unspecified atom stereocenters. The number of para-hydroxylation sites is 2. The fraction of sp³-hybridized carbons (Fsp3) is 0.529. The number of fused-ring (bicyclic) bond motifs is 1.